The van der Waals surface area contributed by atoms with Crippen LogP contribution in [0, 0.1) is 5.92 Å². The lowest BCUT2D eigenvalue weighted by atomic mass is 10.1. The van der Waals surface area contributed by atoms with Gasteiger partial charge in [0.2, 0.25) is 0 Å². The second-order valence-electron chi connectivity index (χ2n) is 6.57. The van der Waals surface area contributed by atoms with E-state index < -0.39 is 11.2 Å². The molecule has 102 valence electrons. The molecule has 0 saturated carbocycles. The van der Waals surface area contributed by atoms with E-state index in [1.165, 1.54) is 0 Å². The van der Waals surface area contributed by atoms with Crippen LogP contribution in [0.1, 0.15) is 48.5 Å². The van der Waals surface area contributed by atoms with Crippen molar-refractivity contribution >= 4 is 6.09 Å². The Bertz CT molecular complexity index is 248. The summed E-state index contributed by atoms with van der Waals surface area (Å²) in [6.45, 7) is 13.8. The van der Waals surface area contributed by atoms with Gasteiger partial charge in [0.1, 0.15) is 5.60 Å². The fourth-order valence-electron chi connectivity index (χ4n) is 1.44. The van der Waals surface area contributed by atoms with E-state index in [4.69, 9.17) is 4.74 Å². The third-order valence-corrected chi connectivity index (χ3v) is 1.82. The minimum Gasteiger partial charge on any atom is -0.444 e. The molecule has 17 heavy (non-hydrogen) atoms. The number of rotatable bonds is 4. The van der Waals surface area contributed by atoms with Gasteiger partial charge in [-0.2, -0.15) is 0 Å². The van der Waals surface area contributed by atoms with Crippen molar-refractivity contribution in [2.45, 2.75) is 59.7 Å². The molecule has 0 aromatic carbocycles. The number of carbonyl (C=O) groups excluding carboxylic acids is 1. The average Bonchev–Trinajstić information content (AvgIpc) is 1.95. The normalized spacial score (nSPS) is 12.8. The van der Waals surface area contributed by atoms with Gasteiger partial charge >= 0.3 is 6.09 Å². The van der Waals surface area contributed by atoms with Crippen molar-refractivity contribution in [2.75, 3.05) is 13.1 Å². The van der Waals surface area contributed by atoms with E-state index in [-0.39, 0.29) is 12.6 Å². The first-order chi connectivity index (χ1) is 7.41. The molecule has 0 bridgehead atoms. The van der Waals surface area contributed by atoms with Gasteiger partial charge in [-0.3, -0.25) is 0 Å². The van der Waals surface area contributed by atoms with Gasteiger partial charge in [-0.15, -0.1) is 0 Å². The molecule has 0 aliphatic rings. The Labute approximate surface area is 105 Å². The van der Waals surface area contributed by atoms with E-state index in [9.17, 15) is 9.90 Å². The summed E-state index contributed by atoms with van der Waals surface area (Å²) < 4.78 is 5.32. The maximum Gasteiger partial charge on any atom is 0.410 e. The number of amides is 1. The van der Waals surface area contributed by atoms with E-state index in [0.717, 1.165) is 0 Å². The van der Waals surface area contributed by atoms with Crippen LogP contribution >= 0.6 is 0 Å². The second kappa shape index (κ2) is 5.71. The summed E-state index contributed by atoms with van der Waals surface area (Å²) >= 11 is 0. The van der Waals surface area contributed by atoms with Crippen molar-refractivity contribution in [2.24, 2.45) is 5.92 Å². The van der Waals surface area contributed by atoms with Crippen molar-refractivity contribution in [3.63, 3.8) is 0 Å². The van der Waals surface area contributed by atoms with Crippen LogP contribution in [0.25, 0.3) is 0 Å². The van der Waals surface area contributed by atoms with Gasteiger partial charge in [0.15, 0.2) is 0 Å². The lowest BCUT2D eigenvalue weighted by Crippen LogP contribution is -2.46. The smallest absolute Gasteiger partial charge is 0.410 e. The summed E-state index contributed by atoms with van der Waals surface area (Å²) in [5.74, 6) is 0.338. The summed E-state index contributed by atoms with van der Waals surface area (Å²) in [5, 5.41) is 9.80. The van der Waals surface area contributed by atoms with Crippen LogP contribution in [-0.4, -0.2) is 40.4 Å². The van der Waals surface area contributed by atoms with Crippen molar-refractivity contribution in [1.29, 1.82) is 0 Å². The molecule has 4 nitrogen and oxygen atoms in total. The van der Waals surface area contributed by atoms with Gasteiger partial charge in [-0.25, -0.2) is 4.79 Å². The van der Waals surface area contributed by atoms with Gasteiger partial charge < -0.3 is 14.7 Å². The highest BCUT2D eigenvalue weighted by Gasteiger charge is 2.27. The predicted octanol–water partition coefficient (Wildman–Crippen LogP) is 2.65. The van der Waals surface area contributed by atoms with Crippen LogP contribution < -0.4 is 0 Å². The fraction of sp³-hybridized carbons (Fsp3) is 0.923. The van der Waals surface area contributed by atoms with Crippen molar-refractivity contribution < 1.29 is 14.6 Å². The molecule has 4 heteroatoms. The zero-order valence-corrected chi connectivity index (χ0v) is 12.2. The molecule has 0 aliphatic carbocycles. The number of nitrogens with zero attached hydrogens (tertiary/aromatic N) is 1. The fourth-order valence-corrected chi connectivity index (χ4v) is 1.44. The zero-order chi connectivity index (χ0) is 13.9. The van der Waals surface area contributed by atoms with Gasteiger partial charge in [-0.1, -0.05) is 13.8 Å². The van der Waals surface area contributed by atoms with Crippen LogP contribution in [0.4, 0.5) is 4.79 Å². The van der Waals surface area contributed by atoms with E-state index in [2.05, 4.69) is 0 Å². The molecule has 0 atom stereocenters. The minimum atomic E-state index is -0.911. The van der Waals surface area contributed by atoms with E-state index >= 15 is 0 Å². The summed E-state index contributed by atoms with van der Waals surface area (Å²) in [6, 6.07) is 0. The Kier molecular flexibility index (Phi) is 5.46. The van der Waals surface area contributed by atoms with E-state index in [1.807, 2.05) is 34.6 Å². The van der Waals surface area contributed by atoms with Gasteiger partial charge in [0.25, 0.3) is 0 Å². The molecular weight excluding hydrogens is 218 g/mol. The Balaban J connectivity index is 4.63. The first kappa shape index (κ1) is 16.2. The first-order valence-corrected chi connectivity index (χ1v) is 6.11. The first-order valence-electron chi connectivity index (χ1n) is 6.11. The van der Waals surface area contributed by atoms with Crippen molar-refractivity contribution in [3.05, 3.63) is 0 Å². The van der Waals surface area contributed by atoms with Crippen molar-refractivity contribution in [3.8, 4) is 0 Å². The van der Waals surface area contributed by atoms with Crippen LogP contribution in [0.2, 0.25) is 0 Å². The number of aliphatic hydroxyl groups is 1. The Morgan fingerprint density at radius 1 is 1.24 bits per heavy atom. The maximum absolute atomic E-state index is 12.0. The molecule has 0 radical (unpaired) electrons. The number of ether oxygens (including phenoxy) is 1. The lowest BCUT2D eigenvalue weighted by molar-refractivity contribution is -0.00591. The van der Waals surface area contributed by atoms with Gasteiger partial charge in [-0.05, 0) is 40.5 Å². The summed E-state index contributed by atoms with van der Waals surface area (Å²) in [5.41, 5.74) is -1.42. The SMILES string of the molecule is CC(C)CN(CC(C)(C)O)C(=O)OC(C)(C)C. The molecule has 0 aliphatic heterocycles. The number of hydrogen-bond acceptors (Lipinski definition) is 3. The Morgan fingerprint density at radius 3 is 2.00 bits per heavy atom. The third kappa shape index (κ3) is 8.98. The maximum atomic E-state index is 12.0. The van der Waals surface area contributed by atoms with Crippen LogP contribution in [0.3, 0.4) is 0 Å². The zero-order valence-electron chi connectivity index (χ0n) is 12.2. The summed E-state index contributed by atoms with van der Waals surface area (Å²) in [4.78, 5) is 13.5. The standard InChI is InChI=1S/C13H27NO3/c1-10(2)8-14(9-13(6,7)16)11(15)17-12(3,4)5/h10,16H,8-9H2,1-7H3. The molecule has 0 aromatic heterocycles. The quantitative estimate of drug-likeness (QED) is 0.828. The summed E-state index contributed by atoms with van der Waals surface area (Å²) in [6.07, 6.45) is -0.367. The van der Waals surface area contributed by atoms with E-state index in [0.29, 0.717) is 12.5 Å². The molecule has 1 N–H and O–H groups in total. The lowest BCUT2D eigenvalue weighted by Gasteiger charge is -2.32. The molecule has 0 rings (SSSR count). The number of hydrogen-bond donors (Lipinski definition) is 1. The average molecular weight is 245 g/mol. The third-order valence-electron chi connectivity index (χ3n) is 1.82. The predicted molar refractivity (Wildman–Crippen MR) is 68.9 cm³/mol. The van der Waals surface area contributed by atoms with Gasteiger partial charge in [0.05, 0.1) is 12.1 Å². The highest BCUT2D eigenvalue weighted by atomic mass is 16.6. The summed E-state index contributed by atoms with van der Waals surface area (Å²) in [7, 11) is 0. The number of carbonyl (C=O) groups is 1. The van der Waals surface area contributed by atoms with Gasteiger partial charge in [0, 0.05) is 6.54 Å². The molecular formula is C13H27NO3. The van der Waals surface area contributed by atoms with E-state index in [1.54, 1.807) is 18.7 Å². The molecule has 0 spiro atoms. The molecule has 0 fully saturated rings. The molecule has 0 aromatic rings. The van der Waals surface area contributed by atoms with Crippen LogP contribution in [-0.2, 0) is 4.74 Å². The van der Waals surface area contributed by atoms with Crippen LogP contribution in [0.15, 0.2) is 0 Å². The van der Waals surface area contributed by atoms with Crippen LogP contribution in [0.5, 0.6) is 0 Å². The monoisotopic (exact) mass is 245 g/mol. The largest absolute Gasteiger partial charge is 0.444 e. The Hall–Kier alpha value is -0.770. The molecule has 0 heterocycles. The highest BCUT2D eigenvalue weighted by Crippen LogP contribution is 2.14. The molecule has 0 saturated heterocycles. The highest BCUT2D eigenvalue weighted by molar-refractivity contribution is 5.68. The minimum absolute atomic E-state index is 0.278. The second-order valence-corrected chi connectivity index (χ2v) is 6.57. The molecule has 0 unspecified atom stereocenters. The molecule has 1 amide bonds. The Morgan fingerprint density at radius 2 is 1.71 bits per heavy atom. The topological polar surface area (TPSA) is 49.8 Å². The van der Waals surface area contributed by atoms with Crippen molar-refractivity contribution in [1.82, 2.24) is 4.90 Å².